The predicted octanol–water partition coefficient (Wildman–Crippen LogP) is 5.77. The van der Waals surface area contributed by atoms with Crippen molar-refractivity contribution in [2.45, 2.75) is 20.5 Å². The quantitative estimate of drug-likeness (QED) is 0.543. The van der Waals surface area contributed by atoms with Crippen molar-refractivity contribution in [2.24, 2.45) is 4.99 Å². The summed E-state index contributed by atoms with van der Waals surface area (Å²) in [7, 11) is 0. The van der Waals surface area contributed by atoms with Gasteiger partial charge < -0.3 is 4.74 Å². The first-order valence-electron chi connectivity index (χ1n) is 8.19. The highest BCUT2D eigenvalue weighted by molar-refractivity contribution is 5.82. The molecule has 0 aromatic heterocycles. The Balaban J connectivity index is 1.65. The lowest BCUT2D eigenvalue weighted by Gasteiger charge is -2.07. The lowest BCUT2D eigenvalue weighted by atomic mass is 10.1. The van der Waals surface area contributed by atoms with Gasteiger partial charge in [0.1, 0.15) is 18.2 Å². The number of halogens is 1. The van der Waals surface area contributed by atoms with Gasteiger partial charge in [-0.15, -0.1) is 0 Å². The zero-order chi connectivity index (χ0) is 17.6. The second-order valence-corrected chi connectivity index (χ2v) is 6.00. The molecule has 0 atom stereocenters. The van der Waals surface area contributed by atoms with Crippen LogP contribution in [0.1, 0.15) is 22.3 Å². The second kappa shape index (κ2) is 7.75. The van der Waals surface area contributed by atoms with Crippen LogP contribution < -0.4 is 4.74 Å². The molecule has 0 spiro atoms. The summed E-state index contributed by atoms with van der Waals surface area (Å²) in [6, 6.07) is 20.5. The average Bonchev–Trinajstić information content (AvgIpc) is 2.63. The summed E-state index contributed by atoms with van der Waals surface area (Å²) in [5, 5.41) is 0. The highest BCUT2D eigenvalue weighted by Gasteiger charge is 2.02. The first-order chi connectivity index (χ1) is 12.1. The van der Waals surface area contributed by atoms with E-state index in [2.05, 4.69) is 30.1 Å². The summed E-state index contributed by atoms with van der Waals surface area (Å²) in [4.78, 5) is 4.56. The van der Waals surface area contributed by atoms with Crippen LogP contribution in [0.2, 0.25) is 0 Å². The van der Waals surface area contributed by atoms with E-state index in [1.807, 2.05) is 37.4 Å². The van der Waals surface area contributed by atoms with Gasteiger partial charge in [0.25, 0.3) is 0 Å². The summed E-state index contributed by atoms with van der Waals surface area (Å²) in [6.45, 7) is 4.31. The summed E-state index contributed by atoms with van der Waals surface area (Å²) in [6.07, 6.45) is 1.84. The third-order valence-corrected chi connectivity index (χ3v) is 3.95. The largest absolute Gasteiger partial charge is 0.489 e. The van der Waals surface area contributed by atoms with Crippen LogP contribution in [0.4, 0.5) is 10.1 Å². The monoisotopic (exact) mass is 333 g/mol. The lowest BCUT2D eigenvalue weighted by Crippen LogP contribution is -1.98. The molecule has 0 bridgehead atoms. The molecular weight excluding hydrogens is 313 g/mol. The Morgan fingerprint density at radius 2 is 1.72 bits per heavy atom. The zero-order valence-corrected chi connectivity index (χ0v) is 14.4. The third-order valence-electron chi connectivity index (χ3n) is 3.95. The molecule has 3 rings (SSSR count). The number of nitrogens with zero attached hydrogens (tertiary/aromatic N) is 1. The summed E-state index contributed by atoms with van der Waals surface area (Å²) >= 11 is 0. The molecule has 0 aliphatic carbocycles. The van der Waals surface area contributed by atoms with E-state index in [0.717, 1.165) is 16.8 Å². The van der Waals surface area contributed by atoms with E-state index >= 15 is 0 Å². The van der Waals surface area contributed by atoms with E-state index in [4.69, 9.17) is 4.74 Å². The fourth-order valence-electron chi connectivity index (χ4n) is 2.43. The summed E-state index contributed by atoms with van der Waals surface area (Å²) < 4.78 is 19.2. The number of hydrogen-bond donors (Lipinski definition) is 0. The molecule has 3 aromatic carbocycles. The molecule has 3 heteroatoms. The van der Waals surface area contributed by atoms with Crippen molar-refractivity contribution < 1.29 is 9.13 Å². The van der Waals surface area contributed by atoms with Crippen molar-refractivity contribution in [3.05, 3.63) is 94.8 Å². The molecule has 0 N–H and O–H groups in total. The van der Waals surface area contributed by atoms with Gasteiger partial charge in [0.05, 0.1) is 5.69 Å². The first kappa shape index (κ1) is 16.9. The zero-order valence-electron chi connectivity index (χ0n) is 14.4. The fourth-order valence-corrected chi connectivity index (χ4v) is 2.43. The molecule has 25 heavy (non-hydrogen) atoms. The van der Waals surface area contributed by atoms with E-state index in [-0.39, 0.29) is 12.4 Å². The van der Waals surface area contributed by atoms with Gasteiger partial charge >= 0.3 is 0 Å². The van der Waals surface area contributed by atoms with E-state index in [1.54, 1.807) is 18.2 Å². The minimum atomic E-state index is -0.250. The maximum atomic E-state index is 13.6. The molecule has 126 valence electrons. The first-order valence-corrected chi connectivity index (χ1v) is 8.19. The molecule has 0 fully saturated rings. The molecule has 0 amide bonds. The Bertz CT molecular complexity index is 885. The van der Waals surface area contributed by atoms with Crippen LogP contribution >= 0.6 is 0 Å². The van der Waals surface area contributed by atoms with E-state index in [9.17, 15) is 4.39 Å². The normalized spacial score (nSPS) is 11.0. The topological polar surface area (TPSA) is 21.6 Å². The van der Waals surface area contributed by atoms with Gasteiger partial charge in [-0.05, 0) is 66.9 Å². The van der Waals surface area contributed by atoms with E-state index in [0.29, 0.717) is 11.3 Å². The van der Waals surface area contributed by atoms with Crippen LogP contribution in [0.5, 0.6) is 5.75 Å². The van der Waals surface area contributed by atoms with Gasteiger partial charge in [-0.3, -0.25) is 4.99 Å². The van der Waals surface area contributed by atoms with E-state index in [1.165, 1.54) is 11.6 Å². The maximum absolute atomic E-state index is 13.6. The third kappa shape index (κ3) is 4.54. The maximum Gasteiger partial charge on any atom is 0.129 e. The molecule has 0 aliphatic rings. The molecule has 0 unspecified atom stereocenters. The van der Waals surface area contributed by atoms with Gasteiger partial charge in [-0.1, -0.05) is 30.3 Å². The molecule has 0 saturated carbocycles. The van der Waals surface area contributed by atoms with Gasteiger partial charge in [0, 0.05) is 11.8 Å². The highest BCUT2D eigenvalue weighted by atomic mass is 19.1. The van der Waals surface area contributed by atoms with Crippen LogP contribution in [0, 0.1) is 19.7 Å². The Kier molecular flexibility index (Phi) is 5.24. The average molecular weight is 333 g/mol. The Labute approximate surface area is 147 Å². The van der Waals surface area contributed by atoms with Crippen molar-refractivity contribution in [1.29, 1.82) is 0 Å². The van der Waals surface area contributed by atoms with Crippen LogP contribution in [0.3, 0.4) is 0 Å². The molecule has 0 saturated heterocycles. The van der Waals surface area contributed by atoms with Gasteiger partial charge in [0.2, 0.25) is 0 Å². The summed E-state index contributed by atoms with van der Waals surface area (Å²) in [5.41, 5.74) is 4.84. The van der Waals surface area contributed by atoms with Crippen molar-refractivity contribution in [3.63, 3.8) is 0 Å². The van der Waals surface area contributed by atoms with Crippen LogP contribution in [-0.2, 0) is 6.61 Å². The number of benzene rings is 3. The number of ether oxygens (including phenoxy) is 1. The SMILES string of the molecule is Cc1ccc(C)c(N=Cc2ccc(OCc3ccccc3F)cc2)c1. The molecule has 0 radical (unpaired) electrons. The number of aryl methyl sites for hydroxylation is 2. The van der Waals surface area contributed by atoms with Crippen molar-refractivity contribution in [2.75, 3.05) is 0 Å². The standard InChI is InChI=1S/C22H20FNO/c1-16-7-8-17(2)22(13-16)24-14-18-9-11-20(12-10-18)25-15-19-5-3-4-6-21(19)23/h3-14H,15H2,1-2H3. The van der Waals surface area contributed by atoms with Gasteiger partial charge in [0.15, 0.2) is 0 Å². The fraction of sp³-hybridized carbons (Fsp3) is 0.136. The molecule has 0 aliphatic heterocycles. The number of rotatable bonds is 5. The highest BCUT2D eigenvalue weighted by Crippen LogP contribution is 2.20. The molecule has 2 nitrogen and oxygen atoms in total. The van der Waals surface area contributed by atoms with Crippen molar-refractivity contribution >= 4 is 11.9 Å². The van der Waals surface area contributed by atoms with Crippen LogP contribution in [0.15, 0.2) is 71.7 Å². The Hall–Kier alpha value is -2.94. The van der Waals surface area contributed by atoms with Gasteiger partial charge in [-0.2, -0.15) is 0 Å². The minimum Gasteiger partial charge on any atom is -0.489 e. The number of hydrogen-bond acceptors (Lipinski definition) is 2. The Morgan fingerprint density at radius 3 is 2.48 bits per heavy atom. The smallest absolute Gasteiger partial charge is 0.129 e. The lowest BCUT2D eigenvalue weighted by molar-refractivity contribution is 0.300. The Morgan fingerprint density at radius 1 is 0.960 bits per heavy atom. The predicted molar refractivity (Wildman–Crippen MR) is 100 cm³/mol. The molecule has 0 heterocycles. The molecular formula is C22H20FNO. The second-order valence-electron chi connectivity index (χ2n) is 6.00. The number of aliphatic imine (C=N–C) groups is 1. The molecule has 3 aromatic rings. The van der Waals surface area contributed by atoms with Crippen LogP contribution in [-0.4, -0.2) is 6.21 Å². The van der Waals surface area contributed by atoms with Crippen molar-refractivity contribution in [3.8, 4) is 5.75 Å². The minimum absolute atomic E-state index is 0.211. The van der Waals surface area contributed by atoms with Gasteiger partial charge in [-0.25, -0.2) is 4.39 Å². The van der Waals surface area contributed by atoms with E-state index < -0.39 is 0 Å². The van der Waals surface area contributed by atoms with Crippen molar-refractivity contribution in [1.82, 2.24) is 0 Å². The van der Waals surface area contributed by atoms with Crippen LogP contribution in [0.25, 0.3) is 0 Å². The summed E-state index contributed by atoms with van der Waals surface area (Å²) in [5.74, 6) is 0.451.